The molecule has 1 aromatic carbocycles. The number of hydrogen-bond donors (Lipinski definition) is 1. The van der Waals surface area contributed by atoms with Crippen LogP contribution >= 0.6 is 11.3 Å². The second kappa shape index (κ2) is 7.84. The predicted molar refractivity (Wildman–Crippen MR) is 91.5 cm³/mol. The highest BCUT2D eigenvalue weighted by atomic mass is 32.1. The van der Waals surface area contributed by atoms with Crippen molar-refractivity contribution in [2.45, 2.75) is 13.5 Å². The molecule has 0 fully saturated rings. The number of rotatable bonds is 7. The van der Waals surface area contributed by atoms with Gasteiger partial charge in [0.25, 0.3) is 5.69 Å². The smallest absolute Gasteiger partial charge is 0.296 e. The van der Waals surface area contributed by atoms with Crippen LogP contribution in [0.25, 0.3) is 0 Å². The number of carbonyl (C=O) groups is 1. The lowest BCUT2D eigenvalue weighted by Crippen LogP contribution is -2.29. The lowest BCUT2D eigenvalue weighted by molar-refractivity contribution is -0.384. The van der Waals surface area contributed by atoms with Crippen molar-refractivity contribution in [2.24, 2.45) is 0 Å². The van der Waals surface area contributed by atoms with Crippen LogP contribution in [0.1, 0.15) is 9.88 Å². The van der Waals surface area contributed by atoms with Gasteiger partial charge in [0.1, 0.15) is 11.4 Å². The van der Waals surface area contributed by atoms with E-state index in [-0.39, 0.29) is 23.8 Å². The van der Waals surface area contributed by atoms with Crippen molar-refractivity contribution in [3.05, 3.63) is 44.4 Å². The van der Waals surface area contributed by atoms with Gasteiger partial charge in [-0.3, -0.25) is 19.8 Å². The summed E-state index contributed by atoms with van der Waals surface area (Å²) in [6.07, 6.45) is 1.78. The maximum atomic E-state index is 12.1. The molecule has 0 radical (unpaired) electrons. The Labute approximate surface area is 143 Å². The van der Waals surface area contributed by atoms with E-state index in [1.54, 1.807) is 30.6 Å². The molecule has 0 unspecified atom stereocenters. The quantitative estimate of drug-likeness (QED) is 0.608. The molecule has 0 spiro atoms. The third-order valence-corrected chi connectivity index (χ3v) is 4.08. The first-order valence-electron chi connectivity index (χ1n) is 7.11. The average Bonchev–Trinajstić information content (AvgIpc) is 2.92. The van der Waals surface area contributed by atoms with Crippen LogP contribution in [0, 0.1) is 17.0 Å². The second-order valence-electron chi connectivity index (χ2n) is 5.21. The fourth-order valence-corrected chi connectivity index (χ4v) is 3.01. The van der Waals surface area contributed by atoms with Gasteiger partial charge in [-0.2, -0.15) is 0 Å². The van der Waals surface area contributed by atoms with Gasteiger partial charge in [-0.25, -0.2) is 4.98 Å². The number of anilines is 1. The van der Waals surface area contributed by atoms with Crippen molar-refractivity contribution in [1.29, 1.82) is 0 Å². The van der Waals surface area contributed by atoms with Gasteiger partial charge in [0, 0.05) is 17.6 Å². The molecular formula is C15H18N4O4S. The van der Waals surface area contributed by atoms with E-state index in [9.17, 15) is 14.9 Å². The Balaban J connectivity index is 2.00. The minimum Gasteiger partial charge on any atom is -0.496 e. The number of likely N-dealkylation sites (N-methyl/N-ethyl adjacent to an activating group) is 1. The van der Waals surface area contributed by atoms with Gasteiger partial charge in [-0.15, -0.1) is 11.3 Å². The van der Waals surface area contributed by atoms with E-state index in [1.807, 2.05) is 11.8 Å². The summed E-state index contributed by atoms with van der Waals surface area (Å²) >= 11 is 1.57. The largest absolute Gasteiger partial charge is 0.496 e. The zero-order valence-electron chi connectivity index (χ0n) is 13.6. The number of aromatic nitrogens is 1. The summed E-state index contributed by atoms with van der Waals surface area (Å²) in [5.74, 6) is 0.0318. The number of ether oxygens (including phenoxy) is 1. The van der Waals surface area contributed by atoms with Crippen LogP contribution in [-0.2, 0) is 11.3 Å². The third kappa shape index (κ3) is 4.74. The topological polar surface area (TPSA) is 97.6 Å². The van der Waals surface area contributed by atoms with Crippen LogP contribution in [0.3, 0.4) is 0 Å². The summed E-state index contributed by atoms with van der Waals surface area (Å²) in [5.41, 5.74) is -0.0590. The van der Waals surface area contributed by atoms with E-state index in [0.717, 1.165) is 9.88 Å². The van der Waals surface area contributed by atoms with E-state index >= 15 is 0 Å². The number of nitro groups is 1. The SMILES string of the molecule is COc1ccc(NC(=O)CN(C)Cc2cnc(C)s2)c([N+](=O)[O-])c1. The Morgan fingerprint density at radius 2 is 2.25 bits per heavy atom. The fraction of sp³-hybridized carbons (Fsp3) is 0.333. The van der Waals surface area contributed by atoms with Crippen LogP contribution in [-0.4, -0.2) is 41.4 Å². The van der Waals surface area contributed by atoms with E-state index < -0.39 is 4.92 Å². The molecule has 9 heteroatoms. The van der Waals surface area contributed by atoms with Crippen molar-refractivity contribution >= 4 is 28.6 Å². The van der Waals surface area contributed by atoms with E-state index in [4.69, 9.17) is 4.74 Å². The average molecular weight is 350 g/mol. The molecule has 1 heterocycles. The Hall–Kier alpha value is -2.52. The molecule has 0 aliphatic heterocycles. The summed E-state index contributed by atoms with van der Waals surface area (Å²) < 4.78 is 4.97. The number of nitrogens with one attached hydrogen (secondary N) is 1. The first kappa shape index (κ1) is 17.8. The Morgan fingerprint density at radius 1 is 1.50 bits per heavy atom. The van der Waals surface area contributed by atoms with E-state index in [0.29, 0.717) is 12.3 Å². The molecule has 128 valence electrons. The maximum absolute atomic E-state index is 12.1. The van der Waals surface area contributed by atoms with E-state index in [2.05, 4.69) is 10.3 Å². The molecule has 0 aliphatic carbocycles. The first-order chi connectivity index (χ1) is 11.4. The second-order valence-corrected chi connectivity index (χ2v) is 6.53. The minimum atomic E-state index is -0.554. The molecule has 24 heavy (non-hydrogen) atoms. The van der Waals surface area contributed by atoms with Crippen molar-refractivity contribution in [1.82, 2.24) is 9.88 Å². The number of thiazole rings is 1. The zero-order valence-corrected chi connectivity index (χ0v) is 14.4. The maximum Gasteiger partial charge on any atom is 0.296 e. The lowest BCUT2D eigenvalue weighted by Gasteiger charge is -2.15. The summed E-state index contributed by atoms with van der Waals surface area (Å²) in [6.45, 7) is 2.62. The minimum absolute atomic E-state index is 0.111. The van der Waals surface area contributed by atoms with Crippen molar-refractivity contribution in [3.63, 3.8) is 0 Å². The third-order valence-electron chi connectivity index (χ3n) is 3.18. The molecule has 1 N–H and O–H groups in total. The number of aryl methyl sites for hydroxylation is 1. The fourth-order valence-electron chi connectivity index (χ4n) is 2.13. The molecule has 0 bridgehead atoms. The van der Waals surface area contributed by atoms with E-state index in [1.165, 1.54) is 19.2 Å². The Bertz CT molecular complexity index is 747. The van der Waals surface area contributed by atoms with Crippen molar-refractivity contribution in [3.8, 4) is 5.75 Å². The number of hydrogen-bond acceptors (Lipinski definition) is 7. The molecule has 0 saturated carbocycles. The van der Waals surface area contributed by atoms with Gasteiger partial charge in [0.2, 0.25) is 5.91 Å². The predicted octanol–water partition coefficient (Wildman–Crippen LogP) is 2.44. The lowest BCUT2D eigenvalue weighted by atomic mass is 10.2. The van der Waals surface area contributed by atoms with Crippen LogP contribution in [0.5, 0.6) is 5.75 Å². The molecule has 2 rings (SSSR count). The molecule has 1 amide bonds. The highest BCUT2D eigenvalue weighted by Crippen LogP contribution is 2.28. The van der Waals surface area contributed by atoms with Crippen LogP contribution in [0.4, 0.5) is 11.4 Å². The molecule has 2 aromatic rings. The molecular weight excluding hydrogens is 332 g/mol. The number of methoxy groups -OCH3 is 1. The molecule has 0 saturated heterocycles. The van der Waals surface area contributed by atoms with Gasteiger partial charge in [0.05, 0.1) is 29.7 Å². The van der Waals surface area contributed by atoms with Gasteiger partial charge < -0.3 is 10.1 Å². The summed E-state index contributed by atoms with van der Waals surface area (Å²) in [6, 6.07) is 4.30. The summed E-state index contributed by atoms with van der Waals surface area (Å²) in [5, 5.41) is 14.7. The number of benzene rings is 1. The summed E-state index contributed by atoms with van der Waals surface area (Å²) in [7, 11) is 3.23. The van der Waals surface area contributed by atoms with Gasteiger partial charge in [0.15, 0.2) is 0 Å². The number of nitro benzene ring substituents is 1. The summed E-state index contributed by atoms with van der Waals surface area (Å²) in [4.78, 5) is 29.7. The van der Waals surface area contributed by atoms with Crippen LogP contribution in [0.15, 0.2) is 24.4 Å². The Morgan fingerprint density at radius 3 is 2.83 bits per heavy atom. The molecule has 0 atom stereocenters. The molecule has 1 aromatic heterocycles. The van der Waals surface area contributed by atoms with Crippen LogP contribution < -0.4 is 10.1 Å². The zero-order chi connectivity index (χ0) is 17.7. The molecule has 8 nitrogen and oxygen atoms in total. The standard InChI is InChI=1S/C15H18N4O4S/c1-10-16-7-12(24-10)8-18(2)9-15(20)17-13-5-4-11(23-3)6-14(13)19(21)22/h4-7H,8-9H2,1-3H3,(H,17,20). The highest BCUT2D eigenvalue weighted by molar-refractivity contribution is 7.11. The van der Waals surface area contributed by atoms with Gasteiger partial charge in [-0.05, 0) is 26.1 Å². The highest BCUT2D eigenvalue weighted by Gasteiger charge is 2.18. The van der Waals surface area contributed by atoms with Gasteiger partial charge in [-0.1, -0.05) is 0 Å². The number of nitrogens with zero attached hydrogens (tertiary/aromatic N) is 3. The normalized spacial score (nSPS) is 10.7. The number of amides is 1. The number of carbonyl (C=O) groups excluding carboxylic acids is 1. The van der Waals surface area contributed by atoms with Crippen molar-refractivity contribution < 1.29 is 14.5 Å². The molecule has 0 aliphatic rings. The Kier molecular flexibility index (Phi) is 5.83. The first-order valence-corrected chi connectivity index (χ1v) is 7.93. The van der Waals surface area contributed by atoms with Crippen molar-refractivity contribution in [2.75, 3.05) is 26.0 Å². The van der Waals surface area contributed by atoms with Crippen LogP contribution in [0.2, 0.25) is 0 Å². The monoisotopic (exact) mass is 350 g/mol. The van der Waals surface area contributed by atoms with Gasteiger partial charge >= 0.3 is 0 Å².